The highest BCUT2D eigenvalue weighted by atomic mass is 32.1. The zero-order chi connectivity index (χ0) is 13.7. The predicted octanol–water partition coefficient (Wildman–Crippen LogP) is -0.00730. The van der Waals surface area contributed by atoms with Gasteiger partial charge >= 0.3 is 0 Å². The minimum absolute atomic E-state index is 0.162. The smallest absolute Gasteiger partial charge is 0.250 e. The van der Waals surface area contributed by atoms with Crippen LogP contribution >= 0.6 is 23.6 Å². The zero-order valence-electron chi connectivity index (χ0n) is 10.9. The number of nitrogens with zero attached hydrogens (tertiary/aromatic N) is 1. The zero-order valence-corrected chi connectivity index (χ0v) is 12.5. The Labute approximate surface area is 122 Å². The molecule has 0 unspecified atom stereocenters. The van der Waals surface area contributed by atoms with Crippen LogP contribution in [0.4, 0.5) is 0 Å². The Bertz CT molecular complexity index is 462. The van der Waals surface area contributed by atoms with Gasteiger partial charge in [-0.15, -0.1) is 11.3 Å². The second-order valence-corrected chi connectivity index (χ2v) is 5.95. The van der Waals surface area contributed by atoms with E-state index >= 15 is 0 Å². The van der Waals surface area contributed by atoms with Crippen LogP contribution in [0, 0.1) is 0 Å². The molecule has 2 N–H and O–H groups in total. The molecule has 0 spiro atoms. The first-order valence-electron chi connectivity index (χ1n) is 6.28. The maximum absolute atomic E-state index is 11.7. The van der Waals surface area contributed by atoms with Crippen molar-refractivity contribution in [3.63, 3.8) is 0 Å². The number of hydrogen-bond donors (Lipinski definition) is 2. The molecular weight excluding hydrogens is 278 g/mol. The predicted molar refractivity (Wildman–Crippen MR) is 82.3 cm³/mol. The van der Waals surface area contributed by atoms with E-state index in [9.17, 15) is 4.79 Å². The fourth-order valence-corrected chi connectivity index (χ4v) is 2.76. The maximum atomic E-state index is 11.7. The van der Waals surface area contributed by atoms with E-state index in [0.29, 0.717) is 5.11 Å². The molecule has 0 saturated carbocycles. The van der Waals surface area contributed by atoms with Gasteiger partial charge in [-0.1, -0.05) is 6.07 Å². The first kappa shape index (κ1) is 14.2. The van der Waals surface area contributed by atoms with Crippen molar-refractivity contribution in [3.8, 4) is 0 Å². The summed E-state index contributed by atoms with van der Waals surface area (Å²) in [5, 5.41) is 5.27. The van der Waals surface area contributed by atoms with E-state index in [-0.39, 0.29) is 5.91 Å². The van der Waals surface area contributed by atoms with Crippen LogP contribution in [0.25, 0.3) is 6.08 Å². The molecule has 102 valence electrons. The summed E-state index contributed by atoms with van der Waals surface area (Å²) >= 11 is 6.86. The lowest BCUT2D eigenvalue weighted by Gasteiger charge is -2.31. The molecule has 0 bridgehead atoms. The van der Waals surface area contributed by atoms with Crippen LogP contribution in [0.2, 0.25) is 0 Å². The number of carbonyl (C=O) groups excluding carboxylic acids is 1. The number of thiocarbonyl (C=S) groups is 1. The number of thiophene rings is 1. The van der Waals surface area contributed by atoms with Crippen LogP contribution in [0.1, 0.15) is 4.88 Å². The van der Waals surface area contributed by atoms with Gasteiger partial charge in [-0.05, 0) is 29.7 Å². The molecule has 6 heteroatoms. The minimum Gasteiger partial charge on any atom is -0.338 e. The first-order chi connectivity index (χ1) is 9.15. The lowest BCUT2D eigenvalue weighted by Crippen LogP contribution is -3.12. The quantitative estimate of drug-likeness (QED) is 0.595. The molecule has 2 heterocycles. The Morgan fingerprint density at radius 3 is 2.89 bits per heavy atom. The van der Waals surface area contributed by atoms with Gasteiger partial charge in [0.2, 0.25) is 5.91 Å². The number of amides is 1. The molecule has 0 radical (unpaired) electrons. The summed E-state index contributed by atoms with van der Waals surface area (Å²) in [5.41, 5.74) is 0. The van der Waals surface area contributed by atoms with Crippen molar-refractivity contribution in [2.75, 3.05) is 33.2 Å². The lowest BCUT2D eigenvalue weighted by molar-refractivity contribution is -0.883. The van der Waals surface area contributed by atoms with Gasteiger partial charge in [0, 0.05) is 11.0 Å². The molecule has 0 aliphatic carbocycles. The molecule has 2 rings (SSSR count). The van der Waals surface area contributed by atoms with Gasteiger partial charge in [-0.2, -0.15) is 0 Å². The Balaban J connectivity index is 1.80. The van der Waals surface area contributed by atoms with Crippen molar-refractivity contribution in [2.45, 2.75) is 0 Å². The first-order valence-corrected chi connectivity index (χ1v) is 7.57. The summed E-state index contributed by atoms with van der Waals surface area (Å²) in [4.78, 5) is 16.4. The van der Waals surface area contributed by atoms with Crippen molar-refractivity contribution in [2.24, 2.45) is 0 Å². The molecule has 1 aromatic rings. The number of carbonyl (C=O) groups is 1. The average molecular weight is 296 g/mol. The molecule has 1 saturated heterocycles. The Morgan fingerprint density at radius 2 is 2.26 bits per heavy atom. The van der Waals surface area contributed by atoms with E-state index in [4.69, 9.17) is 12.2 Å². The molecule has 1 aromatic heterocycles. The maximum Gasteiger partial charge on any atom is 0.250 e. The monoisotopic (exact) mass is 296 g/mol. The van der Waals surface area contributed by atoms with E-state index in [1.807, 2.05) is 17.5 Å². The second-order valence-electron chi connectivity index (χ2n) is 4.59. The number of quaternary nitrogens is 1. The highest BCUT2D eigenvalue weighted by Crippen LogP contribution is 2.09. The summed E-state index contributed by atoms with van der Waals surface area (Å²) in [7, 11) is 2.17. The van der Waals surface area contributed by atoms with E-state index in [1.54, 1.807) is 17.4 Å². The summed E-state index contributed by atoms with van der Waals surface area (Å²) in [6, 6.07) is 3.93. The minimum atomic E-state index is -0.162. The molecule has 19 heavy (non-hydrogen) atoms. The highest BCUT2D eigenvalue weighted by Gasteiger charge is 2.19. The fraction of sp³-hybridized carbons (Fsp3) is 0.385. The molecule has 1 aliphatic rings. The van der Waals surface area contributed by atoms with Crippen LogP contribution < -0.4 is 10.2 Å². The van der Waals surface area contributed by atoms with Crippen molar-refractivity contribution < 1.29 is 9.69 Å². The summed E-state index contributed by atoms with van der Waals surface area (Å²) in [6.45, 7) is 3.92. The number of piperazine rings is 1. The molecule has 1 aliphatic heterocycles. The largest absolute Gasteiger partial charge is 0.338 e. The Hall–Kier alpha value is -1.24. The van der Waals surface area contributed by atoms with Crippen LogP contribution in [-0.2, 0) is 4.79 Å². The third-order valence-corrected chi connectivity index (χ3v) is 4.27. The summed E-state index contributed by atoms with van der Waals surface area (Å²) in [6.07, 6.45) is 3.33. The average Bonchev–Trinajstić information content (AvgIpc) is 2.90. The molecule has 0 atom stereocenters. The molecule has 1 fully saturated rings. The molecule has 1 amide bonds. The molecule has 4 nitrogen and oxygen atoms in total. The van der Waals surface area contributed by atoms with E-state index in [2.05, 4.69) is 17.3 Å². The van der Waals surface area contributed by atoms with Gasteiger partial charge in [0.25, 0.3) is 0 Å². The van der Waals surface area contributed by atoms with Crippen molar-refractivity contribution >= 4 is 40.7 Å². The van der Waals surface area contributed by atoms with Crippen molar-refractivity contribution in [3.05, 3.63) is 28.5 Å². The summed E-state index contributed by atoms with van der Waals surface area (Å²) in [5.74, 6) is -0.162. The fourth-order valence-electron chi connectivity index (χ4n) is 1.86. The van der Waals surface area contributed by atoms with E-state index < -0.39 is 0 Å². The third kappa shape index (κ3) is 4.41. The van der Waals surface area contributed by atoms with Gasteiger partial charge in [-0.25, -0.2) is 0 Å². The SMILES string of the molecule is C[NH+]1CCN(C(=S)NC(=O)/C=C/c2cccs2)CC1. The topological polar surface area (TPSA) is 36.8 Å². The Kier molecular flexibility index (Phi) is 5.07. The summed E-state index contributed by atoms with van der Waals surface area (Å²) < 4.78 is 0. The van der Waals surface area contributed by atoms with Crippen LogP contribution in [-0.4, -0.2) is 49.1 Å². The number of likely N-dealkylation sites (N-methyl/N-ethyl adjacent to an activating group) is 1. The number of nitrogens with one attached hydrogen (secondary N) is 2. The van der Waals surface area contributed by atoms with E-state index in [1.165, 1.54) is 11.0 Å². The normalized spacial score (nSPS) is 16.8. The molecular formula is C13H18N3OS2+. The Morgan fingerprint density at radius 1 is 1.53 bits per heavy atom. The van der Waals surface area contributed by atoms with Gasteiger partial charge in [0.05, 0.1) is 33.2 Å². The van der Waals surface area contributed by atoms with Crippen molar-refractivity contribution in [1.29, 1.82) is 0 Å². The van der Waals surface area contributed by atoms with Crippen molar-refractivity contribution in [1.82, 2.24) is 10.2 Å². The second kappa shape index (κ2) is 6.79. The van der Waals surface area contributed by atoms with Gasteiger partial charge in [0.1, 0.15) is 0 Å². The molecule has 0 aromatic carbocycles. The van der Waals surface area contributed by atoms with Crippen LogP contribution in [0.3, 0.4) is 0 Å². The van der Waals surface area contributed by atoms with Crippen LogP contribution in [0.5, 0.6) is 0 Å². The van der Waals surface area contributed by atoms with E-state index in [0.717, 1.165) is 31.1 Å². The number of hydrogen-bond acceptors (Lipinski definition) is 3. The number of rotatable bonds is 2. The third-order valence-electron chi connectivity index (χ3n) is 3.08. The van der Waals surface area contributed by atoms with Gasteiger partial charge < -0.3 is 9.80 Å². The standard InChI is InChI=1S/C13H17N3OS2/c1-15-6-8-16(9-7-15)13(18)14-12(17)5-4-11-3-2-10-19-11/h2-5,10H,6-9H2,1H3,(H,14,17,18)/p+1/b5-4+. The van der Waals surface area contributed by atoms with Gasteiger partial charge in [-0.3, -0.25) is 10.1 Å². The van der Waals surface area contributed by atoms with Crippen LogP contribution in [0.15, 0.2) is 23.6 Å². The highest BCUT2D eigenvalue weighted by molar-refractivity contribution is 7.80. The van der Waals surface area contributed by atoms with Gasteiger partial charge in [0.15, 0.2) is 5.11 Å². The lowest BCUT2D eigenvalue weighted by atomic mass is 10.3.